The molecule has 3 nitrogen and oxygen atoms in total. The minimum absolute atomic E-state index is 0.235. The molecule has 0 saturated carbocycles. The molecule has 96 valence electrons. The van der Waals surface area contributed by atoms with Gasteiger partial charge >= 0.3 is 0 Å². The van der Waals surface area contributed by atoms with E-state index in [1.54, 1.807) is 18.2 Å². The molecule has 0 aliphatic rings. The summed E-state index contributed by atoms with van der Waals surface area (Å²) in [5, 5.41) is 18.7. The van der Waals surface area contributed by atoms with E-state index in [0.717, 1.165) is 12.1 Å². The molecule has 0 heterocycles. The predicted molar refractivity (Wildman–Crippen MR) is 74.4 cm³/mol. The van der Waals surface area contributed by atoms with Crippen molar-refractivity contribution in [3.05, 3.63) is 65.2 Å². The Balaban J connectivity index is 2.07. The molecule has 0 aromatic heterocycles. The number of rotatable bonds is 4. The Hall–Kier alpha value is -2.31. The number of phenolic OH excluding ortho intramolecular Hbond substituents is 1. The van der Waals surface area contributed by atoms with E-state index in [2.05, 4.69) is 23.1 Å². The number of phenols is 1. The third-order valence-corrected chi connectivity index (χ3v) is 2.94. The van der Waals surface area contributed by atoms with Crippen molar-refractivity contribution < 1.29 is 5.11 Å². The van der Waals surface area contributed by atoms with Gasteiger partial charge in [0.05, 0.1) is 11.6 Å². The van der Waals surface area contributed by atoms with Crippen LogP contribution in [0.25, 0.3) is 0 Å². The molecule has 2 aromatic carbocycles. The fourth-order valence-electron chi connectivity index (χ4n) is 2.02. The fourth-order valence-corrected chi connectivity index (χ4v) is 2.02. The van der Waals surface area contributed by atoms with Crippen LogP contribution in [0.2, 0.25) is 0 Å². The maximum atomic E-state index is 9.81. The van der Waals surface area contributed by atoms with Crippen LogP contribution in [0.5, 0.6) is 5.75 Å². The van der Waals surface area contributed by atoms with Gasteiger partial charge in [-0.3, -0.25) is 4.90 Å². The van der Waals surface area contributed by atoms with Crippen molar-refractivity contribution in [1.29, 1.82) is 5.26 Å². The number of aromatic hydroxyl groups is 1. The molecule has 0 aliphatic carbocycles. The molecule has 0 unspecified atom stereocenters. The molecule has 19 heavy (non-hydrogen) atoms. The summed E-state index contributed by atoms with van der Waals surface area (Å²) in [5.41, 5.74) is 2.57. The topological polar surface area (TPSA) is 47.3 Å². The first kappa shape index (κ1) is 13.1. The van der Waals surface area contributed by atoms with Crippen LogP contribution < -0.4 is 0 Å². The molecule has 0 radical (unpaired) electrons. The number of benzene rings is 2. The fraction of sp³-hybridized carbons (Fsp3) is 0.188. The maximum absolute atomic E-state index is 9.81. The first-order chi connectivity index (χ1) is 9.19. The van der Waals surface area contributed by atoms with Crippen molar-refractivity contribution in [2.24, 2.45) is 0 Å². The SMILES string of the molecule is CN(Cc1ccccc1)Cc1cc(C#N)ccc1O. The largest absolute Gasteiger partial charge is 0.508 e. The molecule has 0 atom stereocenters. The van der Waals surface area contributed by atoms with Crippen molar-refractivity contribution >= 4 is 0 Å². The smallest absolute Gasteiger partial charge is 0.120 e. The third kappa shape index (κ3) is 3.57. The highest BCUT2D eigenvalue weighted by molar-refractivity contribution is 5.41. The summed E-state index contributed by atoms with van der Waals surface area (Å²) in [4.78, 5) is 2.10. The zero-order chi connectivity index (χ0) is 13.7. The summed E-state index contributed by atoms with van der Waals surface area (Å²) in [5.74, 6) is 0.235. The van der Waals surface area contributed by atoms with Crippen LogP contribution in [-0.4, -0.2) is 17.1 Å². The lowest BCUT2D eigenvalue weighted by Gasteiger charge is -2.17. The van der Waals surface area contributed by atoms with E-state index in [9.17, 15) is 5.11 Å². The first-order valence-corrected chi connectivity index (χ1v) is 6.13. The van der Waals surface area contributed by atoms with E-state index in [0.29, 0.717) is 12.1 Å². The van der Waals surface area contributed by atoms with Crippen molar-refractivity contribution in [2.75, 3.05) is 7.05 Å². The van der Waals surface area contributed by atoms with Gasteiger partial charge < -0.3 is 5.11 Å². The van der Waals surface area contributed by atoms with Crippen LogP contribution in [0.3, 0.4) is 0 Å². The first-order valence-electron chi connectivity index (χ1n) is 6.13. The lowest BCUT2D eigenvalue weighted by Crippen LogP contribution is -2.17. The standard InChI is InChI=1S/C16H16N2O/c1-18(11-13-5-3-2-4-6-13)12-15-9-14(10-17)7-8-16(15)19/h2-9,19H,11-12H2,1H3. The molecule has 0 aliphatic heterocycles. The molecule has 0 fully saturated rings. The average Bonchev–Trinajstić information content (AvgIpc) is 2.42. The monoisotopic (exact) mass is 252 g/mol. The Bertz CT molecular complexity index is 587. The van der Waals surface area contributed by atoms with Crippen LogP contribution in [-0.2, 0) is 13.1 Å². The zero-order valence-corrected chi connectivity index (χ0v) is 10.9. The molecule has 0 amide bonds. The normalized spacial score (nSPS) is 10.4. The van der Waals surface area contributed by atoms with Crippen LogP contribution in [0.4, 0.5) is 0 Å². The summed E-state index contributed by atoms with van der Waals surface area (Å²) in [6, 6.07) is 17.2. The highest BCUT2D eigenvalue weighted by Crippen LogP contribution is 2.20. The van der Waals surface area contributed by atoms with Crippen molar-refractivity contribution in [3.63, 3.8) is 0 Å². The van der Waals surface area contributed by atoms with Crippen molar-refractivity contribution in [1.82, 2.24) is 4.90 Å². The van der Waals surface area contributed by atoms with E-state index >= 15 is 0 Å². The van der Waals surface area contributed by atoms with Gasteiger partial charge in [-0.25, -0.2) is 0 Å². The Kier molecular flexibility index (Phi) is 4.17. The minimum atomic E-state index is 0.235. The molecule has 1 N–H and O–H groups in total. The Morgan fingerprint density at radius 3 is 2.53 bits per heavy atom. The van der Waals surface area contributed by atoms with Crippen molar-refractivity contribution in [2.45, 2.75) is 13.1 Å². The lowest BCUT2D eigenvalue weighted by atomic mass is 10.1. The Morgan fingerprint density at radius 1 is 1.11 bits per heavy atom. The summed E-state index contributed by atoms with van der Waals surface area (Å²) in [7, 11) is 1.99. The third-order valence-electron chi connectivity index (χ3n) is 2.94. The van der Waals surface area contributed by atoms with Gasteiger partial charge in [-0.2, -0.15) is 5.26 Å². The maximum Gasteiger partial charge on any atom is 0.120 e. The second-order valence-corrected chi connectivity index (χ2v) is 4.61. The summed E-state index contributed by atoms with van der Waals surface area (Å²) in [6.07, 6.45) is 0. The van der Waals surface area contributed by atoms with Gasteiger partial charge in [-0.15, -0.1) is 0 Å². The highest BCUT2D eigenvalue weighted by Gasteiger charge is 2.07. The summed E-state index contributed by atoms with van der Waals surface area (Å²) < 4.78 is 0. The number of nitriles is 1. The van der Waals surface area contributed by atoms with Gasteiger partial charge in [0, 0.05) is 18.7 Å². The minimum Gasteiger partial charge on any atom is -0.508 e. The van der Waals surface area contributed by atoms with E-state index in [1.807, 2.05) is 25.2 Å². The van der Waals surface area contributed by atoms with Crippen LogP contribution in [0, 0.1) is 11.3 Å². The van der Waals surface area contributed by atoms with Crippen LogP contribution in [0.1, 0.15) is 16.7 Å². The van der Waals surface area contributed by atoms with Crippen LogP contribution >= 0.6 is 0 Å². The highest BCUT2D eigenvalue weighted by atomic mass is 16.3. The molecule has 0 spiro atoms. The Morgan fingerprint density at radius 2 is 1.84 bits per heavy atom. The van der Waals surface area contributed by atoms with E-state index < -0.39 is 0 Å². The second kappa shape index (κ2) is 6.03. The second-order valence-electron chi connectivity index (χ2n) is 4.61. The predicted octanol–water partition coefficient (Wildman–Crippen LogP) is 2.90. The molecule has 2 rings (SSSR count). The van der Waals surface area contributed by atoms with Crippen LogP contribution in [0.15, 0.2) is 48.5 Å². The molecule has 2 aromatic rings. The van der Waals surface area contributed by atoms with Crippen molar-refractivity contribution in [3.8, 4) is 11.8 Å². The molecular weight excluding hydrogens is 236 g/mol. The molecule has 0 bridgehead atoms. The number of hydrogen-bond acceptors (Lipinski definition) is 3. The zero-order valence-electron chi connectivity index (χ0n) is 10.9. The van der Waals surface area contributed by atoms with Gasteiger partial charge in [-0.1, -0.05) is 30.3 Å². The summed E-state index contributed by atoms with van der Waals surface area (Å²) in [6.45, 7) is 1.41. The average molecular weight is 252 g/mol. The molecule has 0 saturated heterocycles. The quantitative estimate of drug-likeness (QED) is 0.910. The van der Waals surface area contributed by atoms with E-state index in [-0.39, 0.29) is 5.75 Å². The Labute approximate surface area is 113 Å². The number of nitrogens with zero attached hydrogens (tertiary/aromatic N) is 2. The number of hydrogen-bond donors (Lipinski definition) is 1. The van der Waals surface area contributed by atoms with Gasteiger partial charge in [0.15, 0.2) is 0 Å². The molecular formula is C16H16N2O. The van der Waals surface area contributed by atoms with Gasteiger partial charge in [0.2, 0.25) is 0 Å². The van der Waals surface area contributed by atoms with Gasteiger partial charge in [-0.05, 0) is 30.8 Å². The molecule has 3 heteroatoms. The van der Waals surface area contributed by atoms with E-state index in [4.69, 9.17) is 5.26 Å². The summed E-state index contributed by atoms with van der Waals surface area (Å²) >= 11 is 0. The lowest BCUT2D eigenvalue weighted by molar-refractivity contribution is 0.312. The van der Waals surface area contributed by atoms with Gasteiger partial charge in [0.1, 0.15) is 5.75 Å². The van der Waals surface area contributed by atoms with E-state index in [1.165, 1.54) is 5.56 Å². The van der Waals surface area contributed by atoms with Gasteiger partial charge in [0.25, 0.3) is 0 Å².